The molecular weight excluding hydrogens is 164 g/mol. The molecular formula is C11H20O2. The van der Waals surface area contributed by atoms with Crippen LogP contribution in [0.4, 0.5) is 0 Å². The smallest absolute Gasteiger partial charge is 0.147 e. The van der Waals surface area contributed by atoms with Crippen molar-refractivity contribution < 1.29 is 9.47 Å². The van der Waals surface area contributed by atoms with Gasteiger partial charge in [0.15, 0.2) is 0 Å². The second-order valence-corrected chi connectivity index (χ2v) is 4.84. The highest BCUT2D eigenvalue weighted by molar-refractivity contribution is 4.83. The topological polar surface area (TPSA) is 18.5 Å². The van der Waals surface area contributed by atoms with E-state index in [2.05, 4.69) is 13.8 Å². The number of fused-ring (bicyclic) bond motifs is 1. The molecule has 0 aromatic heterocycles. The van der Waals surface area contributed by atoms with Gasteiger partial charge in [-0.15, -0.1) is 0 Å². The number of hydrogen-bond acceptors (Lipinski definition) is 2. The van der Waals surface area contributed by atoms with Gasteiger partial charge in [-0.25, -0.2) is 0 Å². The third-order valence-electron chi connectivity index (χ3n) is 3.21. The third kappa shape index (κ3) is 2.23. The maximum Gasteiger partial charge on any atom is 0.147 e. The highest BCUT2D eigenvalue weighted by Gasteiger charge is 2.35. The number of rotatable bonds is 2. The van der Waals surface area contributed by atoms with Crippen LogP contribution in [0.5, 0.6) is 0 Å². The lowest BCUT2D eigenvalue weighted by Crippen LogP contribution is -2.31. The lowest BCUT2D eigenvalue weighted by atomic mass is 9.81. The van der Waals surface area contributed by atoms with Crippen molar-refractivity contribution in [3.05, 3.63) is 0 Å². The third-order valence-corrected chi connectivity index (χ3v) is 3.21. The molecule has 1 aliphatic carbocycles. The molecule has 1 saturated carbocycles. The summed E-state index contributed by atoms with van der Waals surface area (Å²) in [5, 5.41) is 0. The Kier molecular flexibility index (Phi) is 2.89. The van der Waals surface area contributed by atoms with E-state index in [4.69, 9.17) is 9.47 Å². The summed E-state index contributed by atoms with van der Waals surface area (Å²) in [4.78, 5) is 0. The molecule has 1 heterocycles. The molecule has 1 saturated heterocycles. The predicted molar refractivity (Wildman–Crippen MR) is 51.4 cm³/mol. The first-order valence-electron chi connectivity index (χ1n) is 5.49. The van der Waals surface area contributed by atoms with Gasteiger partial charge in [0.1, 0.15) is 6.79 Å². The van der Waals surface area contributed by atoms with Gasteiger partial charge in [0.05, 0.1) is 12.2 Å². The molecule has 76 valence electrons. The Balaban J connectivity index is 1.83. The average Bonchev–Trinajstić information content (AvgIpc) is 2.49. The van der Waals surface area contributed by atoms with Gasteiger partial charge < -0.3 is 9.47 Å². The Hall–Kier alpha value is -0.0800. The van der Waals surface area contributed by atoms with Gasteiger partial charge in [0, 0.05) is 0 Å². The molecule has 2 nitrogen and oxygen atoms in total. The van der Waals surface area contributed by atoms with Crippen LogP contribution in [0.2, 0.25) is 0 Å². The summed E-state index contributed by atoms with van der Waals surface area (Å²) in [5.74, 6) is 1.70. The van der Waals surface area contributed by atoms with Gasteiger partial charge in [0.25, 0.3) is 0 Å². The molecule has 2 rings (SSSR count). The Morgan fingerprint density at radius 1 is 1.15 bits per heavy atom. The summed E-state index contributed by atoms with van der Waals surface area (Å²) in [6.45, 7) is 5.14. The standard InChI is InChI=1S/C11H20O2/c1-8(2)5-9-3-4-10-11(6-9)13-7-12-10/h8-11H,3-7H2,1-2H3. The van der Waals surface area contributed by atoms with E-state index < -0.39 is 0 Å². The summed E-state index contributed by atoms with van der Waals surface area (Å²) >= 11 is 0. The fraction of sp³-hybridized carbons (Fsp3) is 1.00. The lowest BCUT2D eigenvalue weighted by molar-refractivity contribution is 0.0385. The molecule has 0 bridgehead atoms. The lowest BCUT2D eigenvalue weighted by Gasteiger charge is -2.30. The predicted octanol–water partition coefficient (Wildman–Crippen LogP) is 2.57. The maximum atomic E-state index is 5.55. The van der Waals surface area contributed by atoms with Crippen LogP contribution in [0.15, 0.2) is 0 Å². The molecule has 0 spiro atoms. The van der Waals surface area contributed by atoms with Crippen molar-refractivity contribution >= 4 is 0 Å². The normalized spacial score (nSPS) is 39.5. The molecule has 1 aliphatic heterocycles. The van der Waals surface area contributed by atoms with Crippen LogP contribution in [-0.2, 0) is 9.47 Å². The van der Waals surface area contributed by atoms with Gasteiger partial charge >= 0.3 is 0 Å². The van der Waals surface area contributed by atoms with Crippen molar-refractivity contribution in [2.75, 3.05) is 6.79 Å². The summed E-state index contributed by atoms with van der Waals surface area (Å²) in [7, 11) is 0. The quantitative estimate of drug-likeness (QED) is 0.656. The van der Waals surface area contributed by atoms with E-state index in [0.29, 0.717) is 19.0 Å². The highest BCUT2D eigenvalue weighted by atomic mass is 16.7. The molecule has 2 heteroatoms. The van der Waals surface area contributed by atoms with Crippen LogP contribution in [0.3, 0.4) is 0 Å². The van der Waals surface area contributed by atoms with Crippen molar-refractivity contribution in [1.29, 1.82) is 0 Å². The molecule has 0 N–H and O–H groups in total. The van der Waals surface area contributed by atoms with E-state index in [1.165, 1.54) is 25.7 Å². The Labute approximate surface area is 80.6 Å². The SMILES string of the molecule is CC(C)CC1CCC2OCOC2C1. The molecule has 0 aromatic rings. The maximum absolute atomic E-state index is 5.55. The first-order chi connectivity index (χ1) is 6.25. The summed E-state index contributed by atoms with van der Waals surface area (Å²) in [5.41, 5.74) is 0. The van der Waals surface area contributed by atoms with Gasteiger partial charge in [-0.3, -0.25) is 0 Å². The molecule has 2 fully saturated rings. The second kappa shape index (κ2) is 3.97. The number of ether oxygens (including phenoxy) is 2. The minimum atomic E-state index is 0.414. The van der Waals surface area contributed by atoms with Crippen molar-refractivity contribution in [3.63, 3.8) is 0 Å². The van der Waals surface area contributed by atoms with Gasteiger partial charge in [-0.1, -0.05) is 13.8 Å². The van der Waals surface area contributed by atoms with E-state index in [-0.39, 0.29) is 0 Å². The summed E-state index contributed by atoms with van der Waals surface area (Å²) in [6.07, 6.45) is 5.96. The van der Waals surface area contributed by atoms with Crippen molar-refractivity contribution in [2.45, 2.75) is 51.7 Å². The van der Waals surface area contributed by atoms with Gasteiger partial charge in [0.2, 0.25) is 0 Å². The first-order valence-corrected chi connectivity index (χ1v) is 5.49. The van der Waals surface area contributed by atoms with E-state index in [1.54, 1.807) is 0 Å². The highest BCUT2D eigenvalue weighted by Crippen LogP contribution is 2.34. The molecule has 2 aliphatic rings. The molecule has 3 atom stereocenters. The first kappa shape index (κ1) is 9.47. The van der Waals surface area contributed by atoms with E-state index in [9.17, 15) is 0 Å². The van der Waals surface area contributed by atoms with Crippen LogP contribution in [0.25, 0.3) is 0 Å². The van der Waals surface area contributed by atoms with E-state index in [1.807, 2.05) is 0 Å². The fourth-order valence-corrected chi connectivity index (χ4v) is 2.64. The van der Waals surface area contributed by atoms with Crippen LogP contribution >= 0.6 is 0 Å². The average molecular weight is 184 g/mol. The zero-order valence-electron chi connectivity index (χ0n) is 8.66. The molecule has 0 radical (unpaired) electrons. The fourth-order valence-electron chi connectivity index (χ4n) is 2.64. The summed E-state index contributed by atoms with van der Waals surface area (Å²) in [6, 6.07) is 0. The molecule has 13 heavy (non-hydrogen) atoms. The number of hydrogen-bond donors (Lipinski definition) is 0. The monoisotopic (exact) mass is 184 g/mol. The van der Waals surface area contributed by atoms with E-state index in [0.717, 1.165) is 11.8 Å². The molecule has 0 aromatic carbocycles. The van der Waals surface area contributed by atoms with E-state index >= 15 is 0 Å². The van der Waals surface area contributed by atoms with Crippen molar-refractivity contribution in [1.82, 2.24) is 0 Å². The van der Waals surface area contributed by atoms with Gasteiger partial charge in [-0.2, -0.15) is 0 Å². The Morgan fingerprint density at radius 3 is 2.69 bits per heavy atom. The second-order valence-electron chi connectivity index (χ2n) is 4.84. The Morgan fingerprint density at radius 2 is 1.92 bits per heavy atom. The minimum absolute atomic E-state index is 0.414. The van der Waals surface area contributed by atoms with Crippen LogP contribution in [-0.4, -0.2) is 19.0 Å². The largest absolute Gasteiger partial charge is 0.349 e. The Bertz CT molecular complexity index is 167. The van der Waals surface area contributed by atoms with Crippen LogP contribution in [0.1, 0.15) is 39.5 Å². The zero-order valence-corrected chi connectivity index (χ0v) is 8.66. The van der Waals surface area contributed by atoms with Crippen LogP contribution < -0.4 is 0 Å². The zero-order chi connectivity index (χ0) is 9.26. The van der Waals surface area contributed by atoms with Gasteiger partial charge in [-0.05, 0) is 37.5 Å². The minimum Gasteiger partial charge on any atom is -0.349 e. The molecule has 3 unspecified atom stereocenters. The van der Waals surface area contributed by atoms with Crippen molar-refractivity contribution in [3.8, 4) is 0 Å². The summed E-state index contributed by atoms with van der Waals surface area (Å²) < 4.78 is 11.0. The van der Waals surface area contributed by atoms with Crippen LogP contribution in [0, 0.1) is 11.8 Å². The van der Waals surface area contributed by atoms with Crippen molar-refractivity contribution in [2.24, 2.45) is 11.8 Å². The molecule has 0 amide bonds.